The molecule has 2 heteroatoms. The zero-order valence-electron chi connectivity index (χ0n) is 5.57. The van der Waals surface area contributed by atoms with Crippen LogP contribution in [0.1, 0.15) is 20.3 Å². The van der Waals surface area contributed by atoms with Gasteiger partial charge in [-0.25, -0.2) is 0 Å². The number of nitrogens with two attached hydrogens (primary N) is 1. The van der Waals surface area contributed by atoms with E-state index in [9.17, 15) is 0 Å². The fourth-order valence-corrected chi connectivity index (χ4v) is 1.04. The van der Waals surface area contributed by atoms with Gasteiger partial charge in [-0.3, -0.25) is 0 Å². The van der Waals surface area contributed by atoms with E-state index in [1.165, 1.54) is 0 Å². The maximum atomic E-state index is 5.75. The van der Waals surface area contributed by atoms with Gasteiger partial charge in [0.15, 0.2) is 0 Å². The summed E-state index contributed by atoms with van der Waals surface area (Å²) in [5.74, 6) is 0. The molecule has 1 saturated heterocycles. The number of hydrogen-bond acceptors (Lipinski definition) is 2. The van der Waals surface area contributed by atoms with Crippen LogP contribution in [-0.2, 0) is 0 Å². The zero-order valence-corrected chi connectivity index (χ0v) is 5.57. The van der Waals surface area contributed by atoms with Crippen molar-refractivity contribution in [3.8, 4) is 0 Å². The normalized spacial score (nSPS) is 35.6. The van der Waals surface area contributed by atoms with Crippen LogP contribution in [0.3, 0.4) is 0 Å². The SMILES string of the molecule is CC1(C)NCCC1N. The minimum absolute atomic E-state index is 0.181. The zero-order chi connectivity index (χ0) is 6.20. The first kappa shape index (κ1) is 6.05. The molecule has 0 amide bonds. The van der Waals surface area contributed by atoms with E-state index in [0.29, 0.717) is 6.04 Å². The highest BCUT2D eigenvalue weighted by atomic mass is 15.0. The molecule has 48 valence electrons. The predicted molar refractivity (Wildman–Crippen MR) is 34.7 cm³/mol. The molecule has 0 aliphatic carbocycles. The van der Waals surface area contributed by atoms with Gasteiger partial charge in [-0.2, -0.15) is 0 Å². The predicted octanol–water partition coefficient (Wildman–Crippen LogP) is 0.0856. The van der Waals surface area contributed by atoms with E-state index in [0.717, 1.165) is 13.0 Å². The summed E-state index contributed by atoms with van der Waals surface area (Å²) >= 11 is 0. The highest BCUT2D eigenvalue weighted by Crippen LogP contribution is 2.15. The fourth-order valence-electron chi connectivity index (χ4n) is 1.04. The first-order valence-electron chi connectivity index (χ1n) is 3.13. The maximum Gasteiger partial charge on any atom is 0.0276 e. The molecule has 1 unspecified atom stereocenters. The molecule has 8 heavy (non-hydrogen) atoms. The van der Waals surface area contributed by atoms with Gasteiger partial charge in [0.1, 0.15) is 0 Å². The Morgan fingerprint density at radius 1 is 1.62 bits per heavy atom. The van der Waals surface area contributed by atoms with Crippen molar-refractivity contribution >= 4 is 0 Å². The monoisotopic (exact) mass is 114 g/mol. The maximum absolute atomic E-state index is 5.75. The van der Waals surface area contributed by atoms with Crippen molar-refractivity contribution in [3.63, 3.8) is 0 Å². The summed E-state index contributed by atoms with van der Waals surface area (Å²) in [6.07, 6.45) is 1.12. The van der Waals surface area contributed by atoms with E-state index < -0.39 is 0 Å². The van der Waals surface area contributed by atoms with Crippen molar-refractivity contribution in [2.24, 2.45) is 5.73 Å². The molecular formula is C6H14N2. The molecule has 2 nitrogen and oxygen atoms in total. The Hall–Kier alpha value is -0.0800. The first-order valence-corrected chi connectivity index (χ1v) is 3.13. The van der Waals surface area contributed by atoms with Crippen LogP contribution in [0, 0.1) is 0 Å². The second-order valence-corrected chi connectivity index (χ2v) is 3.04. The molecule has 0 radical (unpaired) electrons. The Morgan fingerprint density at radius 3 is 2.38 bits per heavy atom. The smallest absolute Gasteiger partial charge is 0.0276 e. The molecule has 1 heterocycles. The van der Waals surface area contributed by atoms with Crippen molar-refractivity contribution in [2.75, 3.05) is 6.54 Å². The quantitative estimate of drug-likeness (QED) is 0.468. The Morgan fingerprint density at radius 2 is 2.25 bits per heavy atom. The highest BCUT2D eigenvalue weighted by molar-refractivity contribution is 4.94. The molecule has 0 spiro atoms. The average molecular weight is 114 g/mol. The van der Waals surface area contributed by atoms with Crippen molar-refractivity contribution < 1.29 is 0 Å². The van der Waals surface area contributed by atoms with E-state index in [1.807, 2.05) is 0 Å². The molecule has 1 fully saturated rings. The molecule has 0 aromatic carbocycles. The van der Waals surface area contributed by atoms with Gasteiger partial charge in [-0.05, 0) is 26.8 Å². The van der Waals surface area contributed by atoms with Crippen LogP contribution in [0.4, 0.5) is 0 Å². The largest absolute Gasteiger partial charge is 0.326 e. The lowest BCUT2D eigenvalue weighted by molar-refractivity contribution is 0.409. The summed E-state index contributed by atoms with van der Waals surface area (Å²) in [5.41, 5.74) is 5.93. The first-order chi connectivity index (χ1) is 3.63. The van der Waals surface area contributed by atoms with Crippen LogP contribution in [0.2, 0.25) is 0 Å². The molecule has 1 atom stereocenters. The van der Waals surface area contributed by atoms with Crippen LogP contribution >= 0.6 is 0 Å². The summed E-state index contributed by atoms with van der Waals surface area (Å²) in [5, 5.41) is 3.32. The summed E-state index contributed by atoms with van der Waals surface area (Å²) < 4.78 is 0. The summed E-state index contributed by atoms with van der Waals surface area (Å²) in [6, 6.07) is 0.350. The third-order valence-electron chi connectivity index (χ3n) is 1.96. The molecule has 0 aromatic rings. The van der Waals surface area contributed by atoms with Crippen LogP contribution < -0.4 is 11.1 Å². The van der Waals surface area contributed by atoms with Gasteiger partial charge in [0.05, 0.1) is 0 Å². The van der Waals surface area contributed by atoms with Gasteiger partial charge in [0, 0.05) is 11.6 Å². The van der Waals surface area contributed by atoms with Gasteiger partial charge < -0.3 is 11.1 Å². The molecule has 1 aliphatic rings. The Kier molecular flexibility index (Phi) is 1.29. The average Bonchev–Trinajstić information content (AvgIpc) is 1.86. The molecular weight excluding hydrogens is 100 g/mol. The molecule has 3 N–H and O–H groups in total. The minimum atomic E-state index is 0.181. The number of rotatable bonds is 0. The topological polar surface area (TPSA) is 38.0 Å². The van der Waals surface area contributed by atoms with Crippen molar-refractivity contribution in [2.45, 2.75) is 31.8 Å². The second kappa shape index (κ2) is 1.71. The molecule has 0 saturated carbocycles. The third-order valence-corrected chi connectivity index (χ3v) is 1.96. The van der Waals surface area contributed by atoms with E-state index in [-0.39, 0.29) is 5.54 Å². The lowest BCUT2D eigenvalue weighted by Crippen LogP contribution is -2.45. The summed E-state index contributed by atoms with van der Waals surface area (Å²) in [4.78, 5) is 0. The van der Waals surface area contributed by atoms with Gasteiger partial charge in [-0.1, -0.05) is 0 Å². The van der Waals surface area contributed by atoms with E-state index in [4.69, 9.17) is 5.73 Å². The fraction of sp³-hybridized carbons (Fsp3) is 1.00. The van der Waals surface area contributed by atoms with Crippen molar-refractivity contribution in [1.82, 2.24) is 5.32 Å². The Balaban J connectivity index is 2.54. The van der Waals surface area contributed by atoms with Crippen LogP contribution in [0.25, 0.3) is 0 Å². The molecule has 1 rings (SSSR count). The Labute approximate surface area is 50.4 Å². The van der Waals surface area contributed by atoms with Gasteiger partial charge in [0.25, 0.3) is 0 Å². The van der Waals surface area contributed by atoms with Gasteiger partial charge in [0.2, 0.25) is 0 Å². The third kappa shape index (κ3) is 0.858. The standard InChI is InChI=1S/C6H14N2/c1-6(2)5(7)3-4-8-6/h5,8H,3-4,7H2,1-2H3. The summed E-state index contributed by atoms with van der Waals surface area (Å²) in [7, 11) is 0. The molecule has 1 aliphatic heterocycles. The van der Waals surface area contributed by atoms with Crippen molar-refractivity contribution in [1.29, 1.82) is 0 Å². The molecule has 0 bridgehead atoms. The summed E-state index contributed by atoms with van der Waals surface area (Å²) in [6.45, 7) is 5.36. The van der Waals surface area contributed by atoms with E-state index >= 15 is 0 Å². The lowest BCUT2D eigenvalue weighted by atomic mass is 9.98. The van der Waals surface area contributed by atoms with Gasteiger partial charge in [-0.15, -0.1) is 0 Å². The minimum Gasteiger partial charge on any atom is -0.326 e. The lowest BCUT2D eigenvalue weighted by Gasteiger charge is -2.22. The highest BCUT2D eigenvalue weighted by Gasteiger charge is 2.30. The van der Waals surface area contributed by atoms with E-state index in [2.05, 4.69) is 19.2 Å². The van der Waals surface area contributed by atoms with E-state index in [1.54, 1.807) is 0 Å². The van der Waals surface area contributed by atoms with Crippen molar-refractivity contribution in [3.05, 3.63) is 0 Å². The van der Waals surface area contributed by atoms with Crippen LogP contribution in [0.5, 0.6) is 0 Å². The van der Waals surface area contributed by atoms with Crippen LogP contribution in [0.15, 0.2) is 0 Å². The van der Waals surface area contributed by atoms with Crippen LogP contribution in [-0.4, -0.2) is 18.1 Å². The molecule has 0 aromatic heterocycles. The number of nitrogens with one attached hydrogen (secondary N) is 1. The van der Waals surface area contributed by atoms with Gasteiger partial charge >= 0.3 is 0 Å². The second-order valence-electron chi connectivity index (χ2n) is 3.04. The number of hydrogen-bond donors (Lipinski definition) is 2. The Bertz CT molecular complexity index is 88.5.